The Kier molecular flexibility index (Phi) is 4.13. The fourth-order valence-electron chi connectivity index (χ4n) is 1.99. The molecule has 0 fully saturated rings. The number of anilines is 1. The second-order valence-electron chi connectivity index (χ2n) is 4.83. The number of carbonyl (C=O) groups is 1. The average Bonchev–Trinajstić information content (AvgIpc) is 2.99. The SMILES string of the molecule is Cc1cnc(C(=O)Nc2sc(-c3ccccc3)cc2C#N)cn1. The molecule has 23 heavy (non-hydrogen) atoms. The zero-order valence-corrected chi connectivity index (χ0v) is 13.1. The van der Waals surface area contributed by atoms with Gasteiger partial charge in [0.15, 0.2) is 0 Å². The van der Waals surface area contributed by atoms with Gasteiger partial charge < -0.3 is 5.32 Å². The highest BCUT2D eigenvalue weighted by atomic mass is 32.1. The van der Waals surface area contributed by atoms with Crippen molar-refractivity contribution >= 4 is 22.2 Å². The summed E-state index contributed by atoms with van der Waals surface area (Å²) in [4.78, 5) is 21.2. The fourth-order valence-corrected chi connectivity index (χ4v) is 3.00. The van der Waals surface area contributed by atoms with Crippen LogP contribution in [0.3, 0.4) is 0 Å². The minimum Gasteiger partial charge on any atom is -0.311 e. The van der Waals surface area contributed by atoms with Gasteiger partial charge in [-0.3, -0.25) is 9.78 Å². The summed E-state index contributed by atoms with van der Waals surface area (Å²) < 4.78 is 0. The molecule has 2 heterocycles. The first kappa shape index (κ1) is 14.9. The zero-order chi connectivity index (χ0) is 16.2. The second-order valence-corrected chi connectivity index (χ2v) is 5.88. The van der Waals surface area contributed by atoms with Crippen molar-refractivity contribution < 1.29 is 4.79 Å². The van der Waals surface area contributed by atoms with E-state index in [1.807, 2.05) is 30.3 Å². The number of rotatable bonds is 3. The number of hydrogen-bond donors (Lipinski definition) is 1. The van der Waals surface area contributed by atoms with E-state index in [1.54, 1.807) is 13.0 Å². The van der Waals surface area contributed by atoms with E-state index in [9.17, 15) is 10.1 Å². The lowest BCUT2D eigenvalue weighted by atomic mass is 10.2. The number of aromatic nitrogens is 2. The molecule has 0 spiro atoms. The molecule has 1 aromatic carbocycles. The highest BCUT2D eigenvalue weighted by molar-refractivity contribution is 7.19. The van der Waals surface area contributed by atoms with Gasteiger partial charge in [-0.1, -0.05) is 30.3 Å². The number of carbonyl (C=O) groups excluding carboxylic acids is 1. The van der Waals surface area contributed by atoms with Gasteiger partial charge in [0.1, 0.15) is 16.8 Å². The molecule has 3 aromatic rings. The average molecular weight is 320 g/mol. The van der Waals surface area contributed by atoms with Crippen molar-refractivity contribution in [3.63, 3.8) is 0 Å². The topological polar surface area (TPSA) is 78.7 Å². The Bertz CT molecular complexity index is 879. The summed E-state index contributed by atoms with van der Waals surface area (Å²) >= 11 is 1.36. The van der Waals surface area contributed by atoms with Gasteiger partial charge in [0.25, 0.3) is 5.91 Å². The third-order valence-corrected chi connectivity index (χ3v) is 4.25. The molecule has 0 radical (unpaired) electrons. The van der Waals surface area contributed by atoms with Crippen LogP contribution in [-0.4, -0.2) is 15.9 Å². The maximum Gasteiger partial charge on any atom is 0.276 e. The van der Waals surface area contributed by atoms with Crippen molar-refractivity contribution in [3.8, 4) is 16.5 Å². The lowest BCUT2D eigenvalue weighted by Gasteiger charge is -2.02. The molecule has 5 nitrogen and oxygen atoms in total. The van der Waals surface area contributed by atoms with Crippen LogP contribution in [0.4, 0.5) is 5.00 Å². The Labute approximate surface area is 137 Å². The summed E-state index contributed by atoms with van der Waals surface area (Å²) in [6, 6.07) is 13.6. The van der Waals surface area contributed by atoms with Gasteiger partial charge in [-0.05, 0) is 18.6 Å². The van der Waals surface area contributed by atoms with E-state index in [4.69, 9.17) is 0 Å². The van der Waals surface area contributed by atoms with E-state index < -0.39 is 0 Å². The van der Waals surface area contributed by atoms with E-state index in [1.165, 1.54) is 23.7 Å². The van der Waals surface area contributed by atoms with Crippen LogP contribution < -0.4 is 5.32 Å². The minimum absolute atomic E-state index is 0.217. The van der Waals surface area contributed by atoms with E-state index in [2.05, 4.69) is 21.4 Å². The Morgan fingerprint density at radius 2 is 2.00 bits per heavy atom. The molecule has 0 aliphatic heterocycles. The van der Waals surface area contributed by atoms with E-state index in [0.29, 0.717) is 10.6 Å². The van der Waals surface area contributed by atoms with Crippen molar-refractivity contribution in [1.82, 2.24) is 9.97 Å². The highest BCUT2D eigenvalue weighted by Gasteiger charge is 2.15. The molecule has 0 unspecified atom stereocenters. The number of amides is 1. The molecule has 6 heteroatoms. The van der Waals surface area contributed by atoms with Gasteiger partial charge >= 0.3 is 0 Å². The predicted molar refractivity (Wildman–Crippen MR) is 89.2 cm³/mol. The molecular weight excluding hydrogens is 308 g/mol. The molecular formula is C17H12N4OS. The zero-order valence-electron chi connectivity index (χ0n) is 12.3. The van der Waals surface area contributed by atoms with Gasteiger partial charge in [0, 0.05) is 11.1 Å². The summed E-state index contributed by atoms with van der Waals surface area (Å²) in [7, 11) is 0. The number of thiophene rings is 1. The number of aryl methyl sites for hydroxylation is 1. The maximum absolute atomic E-state index is 12.2. The van der Waals surface area contributed by atoms with Gasteiger partial charge in [-0.15, -0.1) is 11.3 Å². The van der Waals surface area contributed by atoms with Crippen molar-refractivity contribution in [1.29, 1.82) is 5.26 Å². The lowest BCUT2D eigenvalue weighted by molar-refractivity contribution is 0.102. The number of nitrogens with one attached hydrogen (secondary N) is 1. The van der Waals surface area contributed by atoms with Crippen molar-refractivity contribution in [3.05, 3.63) is 65.7 Å². The Morgan fingerprint density at radius 3 is 2.65 bits per heavy atom. The van der Waals surface area contributed by atoms with Crippen LogP contribution in [0.5, 0.6) is 0 Å². The standard InChI is InChI=1S/C17H12N4OS/c1-11-9-20-14(10-19-11)16(22)21-17-13(8-18)7-15(23-17)12-5-3-2-4-6-12/h2-7,9-10H,1H3,(H,21,22). The fraction of sp³-hybridized carbons (Fsp3) is 0.0588. The van der Waals surface area contributed by atoms with Gasteiger partial charge in [-0.2, -0.15) is 5.26 Å². The number of nitrogens with zero attached hydrogens (tertiary/aromatic N) is 3. The third-order valence-electron chi connectivity index (χ3n) is 3.15. The molecule has 0 saturated heterocycles. The Hall–Kier alpha value is -3.04. The summed E-state index contributed by atoms with van der Waals surface area (Å²) in [6.07, 6.45) is 2.95. The predicted octanol–water partition coefficient (Wildman–Crippen LogP) is 3.64. The molecule has 0 saturated carbocycles. The van der Waals surface area contributed by atoms with Crippen LogP contribution in [0.2, 0.25) is 0 Å². The summed E-state index contributed by atoms with van der Waals surface area (Å²) in [5, 5.41) is 12.5. The molecule has 2 aromatic heterocycles. The van der Waals surface area contributed by atoms with Gasteiger partial charge in [0.05, 0.1) is 17.5 Å². The summed E-state index contributed by atoms with van der Waals surface area (Å²) in [5.41, 5.74) is 2.39. The summed E-state index contributed by atoms with van der Waals surface area (Å²) in [5.74, 6) is -0.379. The van der Waals surface area contributed by atoms with Crippen LogP contribution in [0.15, 0.2) is 48.8 Å². The van der Waals surface area contributed by atoms with Crippen molar-refractivity contribution in [2.45, 2.75) is 6.92 Å². The third kappa shape index (κ3) is 3.25. The van der Waals surface area contributed by atoms with Gasteiger partial charge in [-0.25, -0.2) is 4.98 Å². The minimum atomic E-state index is -0.379. The normalized spacial score (nSPS) is 10.1. The first-order chi connectivity index (χ1) is 11.2. The van der Waals surface area contributed by atoms with Gasteiger partial charge in [0.2, 0.25) is 0 Å². The Morgan fingerprint density at radius 1 is 1.22 bits per heavy atom. The monoisotopic (exact) mass is 320 g/mol. The highest BCUT2D eigenvalue weighted by Crippen LogP contribution is 2.35. The molecule has 3 rings (SSSR count). The van der Waals surface area contributed by atoms with Crippen LogP contribution in [0.25, 0.3) is 10.4 Å². The van der Waals surface area contributed by atoms with E-state index in [-0.39, 0.29) is 11.6 Å². The van der Waals surface area contributed by atoms with Crippen LogP contribution in [-0.2, 0) is 0 Å². The first-order valence-electron chi connectivity index (χ1n) is 6.86. The maximum atomic E-state index is 12.2. The molecule has 1 amide bonds. The second kappa shape index (κ2) is 6.38. The van der Waals surface area contributed by atoms with Crippen molar-refractivity contribution in [2.24, 2.45) is 0 Å². The van der Waals surface area contributed by atoms with E-state index in [0.717, 1.165) is 16.1 Å². The lowest BCUT2D eigenvalue weighted by Crippen LogP contribution is -2.13. The molecule has 1 N–H and O–H groups in total. The molecule has 0 bridgehead atoms. The first-order valence-corrected chi connectivity index (χ1v) is 7.68. The smallest absolute Gasteiger partial charge is 0.276 e. The molecule has 0 aliphatic carbocycles. The van der Waals surface area contributed by atoms with Crippen molar-refractivity contribution in [2.75, 3.05) is 5.32 Å². The van der Waals surface area contributed by atoms with Crippen LogP contribution >= 0.6 is 11.3 Å². The molecule has 0 aliphatic rings. The quantitative estimate of drug-likeness (QED) is 0.799. The summed E-state index contributed by atoms with van der Waals surface area (Å²) in [6.45, 7) is 1.80. The largest absolute Gasteiger partial charge is 0.311 e. The number of nitriles is 1. The number of benzene rings is 1. The number of hydrogen-bond acceptors (Lipinski definition) is 5. The van der Waals surface area contributed by atoms with Crippen LogP contribution in [0.1, 0.15) is 21.7 Å². The molecule has 112 valence electrons. The Balaban J connectivity index is 1.88. The van der Waals surface area contributed by atoms with Crippen LogP contribution in [0, 0.1) is 18.3 Å². The van der Waals surface area contributed by atoms with E-state index >= 15 is 0 Å². The molecule has 0 atom stereocenters.